The van der Waals surface area contributed by atoms with E-state index in [4.69, 9.17) is 5.11 Å². The predicted octanol–water partition coefficient (Wildman–Crippen LogP) is 1.21. The van der Waals surface area contributed by atoms with Gasteiger partial charge in [0.2, 0.25) is 10.0 Å². The molecule has 5 nitrogen and oxygen atoms in total. The SMILES string of the molecule is O=C(O)CCCS(=O)(=O)N(CC(F)(F)F)C1CC1. The van der Waals surface area contributed by atoms with Crippen molar-refractivity contribution in [2.24, 2.45) is 0 Å². The van der Waals surface area contributed by atoms with Crippen LogP contribution in [0.4, 0.5) is 13.2 Å². The van der Waals surface area contributed by atoms with Crippen LogP contribution in [-0.4, -0.2) is 48.3 Å². The highest BCUT2D eigenvalue weighted by Crippen LogP contribution is 2.32. The maximum atomic E-state index is 12.3. The lowest BCUT2D eigenvalue weighted by Crippen LogP contribution is -2.41. The number of aliphatic carboxylic acids is 1. The minimum atomic E-state index is -4.58. The van der Waals surface area contributed by atoms with E-state index in [0.717, 1.165) is 0 Å². The molecule has 0 unspecified atom stereocenters. The Kier molecular flexibility index (Phi) is 4.60. The highest BCUT2D eigenvalue weighted by Gasteiger charge is 2.43. The van der Waals surface area contributed by atoms with E-state index >= 15 is 0 Å². The van der Waals surface area contributed by atoms with Crippen molar-refractivity contribution in [3.63, 3.8) is 0 Å². The predicted molar refractivity (Wildman–Crippen MR) is 56.4 cm³/mol. The molecule has 0 aromatic carbocycles. The number of halogens is 3. The lowest BCUT2D eigenvalue weighted by molar-refractivity contribution is -0.138. The van der Waals surface area contributed by atoms with Gasteiger partial charge >= 0.3 is 12.1 Å². The Labute approximate surface area is 103 Å². The quantitative estimate of drug-likeness (QED) is 0.764. The second-order valence-electron chi connectivity index (χ2n) is 4.20. The van der Waals surface area contributed by atoms with Crippen molar-refractivity contribution < 1.29 is 31.5 Å². The molecule has 1 aliphatic carbocycles. The third kappa shape index (κ3) is 5.21. The molecule has 9 heteroatoms. The lowest BCUT2D eigenvalue weighted by Gasteiger charge is -2.22. The molecule has 0 atom stereocenters. The summed E-state index contributed by atoms with van der Waals surface area (Å²) < 4.78 is 60.7. The minimum absolute atomic E-state index is 0.182. The van der Waals surface area contributed by atoms with Gasteiger partial charge in [-0.2, -0.15) is 17.5 Å². The molecule has 0 amide bonds. The second-order valence-corrected chi connectivity index (χ2v) is 6.25. The molecule has 1 N–H and O–H groups in total. The summed E-state index contributed by atoms with van der Waals surface area (Å²) in [6.07, 6.45) is -4.28. The van der Waals surface area contributed by atoms with Crippen LogP contribution in [0, 0.1) is 0 Å². The van der Waals surface area contributed by atoms with Gasteiger partial charge in [-0.05, 0) is 19.3 Å². The lowest BCUT2D eigenvalue weighted by atomic mass is 10.3. The molecule has 0 bridgehead atoms. The van der Waals surface area contributed by atoms with E-state index in [0.29, 0.717) is 17.1 Å². The normalized spacial score (nSPS) is 17.1. The number of alkyl halides is 3. The van der Waals surface area contributed by atoms with E-state index in [9.17, 15) is 26.4 Å². The molecule has 1 fully saturated rings. The van der Waals surface area contributed by atoms with E-state index in [1.165, 1.54) is 0 Å². The molecule has 0 aromatic heterocycles. The van der Waals surface area contributed by atoms with Gasteiger partial charge in [-0.3, -0.25) is 4.79 Å². The van der Waals surface area contributed by atoms with Crippen LogP contribution in [0.2, 0.25) is 0 Å². The van der Waals surface area contributed by atoms with Crippen LogP contribution in [-0.2, 0) is 14.8 Å². The Hall–Kier alpha value is -0.830. The average Bonchev–Trinajstić information content (AvgIpc) is 2.94. The van der Waals surface area contributed by atoms with Crippen LogP contribution < -0.4 is 0 Å². The summed E-state index contributed by atoms with van der Waals surface area (Å²) in [7, 11) is -4.04. The molecule has 106 valence electrons. The summed E-state index contributed by atoms with van der Waals surface area (Å²) in [6.45, 7) is -1.49. The zero-order valence-electron chi connectivity index (χ0n) is 9.48. The van der Waals surface area contributed by atoms with Crippen molar-refractivity contribution in [2.75, 3.05) is 12.3 Å². The number of carboxylic acid groups (broad SMARTS) is 1. The first kappa shape index (κ1) is 15.2. The Morgan fingerprint density at radius 2 is 1.89 bits per heavy atom. The van der Waals surface area contributed by atoms with E-state index < -0.39 is 40.5 Å². The molecule has 1 saturated carbocycles. The van der Waals surface area contributed by atoms with Gasteiger partial charge in [-0.25, -0.2) is 8.42 Å². The number of sulfonamides is 1. The molecule has 1 aliphatic rings. The van der Waals surface area contributed by atoms with Gasteiger partial charge < -0.3 is 5.11 Å². The Balaban J connectivity index is 2.63. The van der Waals surface area contributed by atoms with Crippen LogP contribution in [0.15, 0.2) is 0 Å². The van der Waals surface area contributed by atoms with Crippen molar-refractivity contribution >= 4 is 16.0 Å². The molecular weight excluding hydrogens is 275 g/mol. The highest BCUT2D eigenvalue weighted by atomic mass is 32.2. The maximum absolute atomic E-state index is 12.3. The summed E-state index contributed by atoms with van der Waals surface area (Å²) in [4.78, 5) is 10.2. The van der Waals surface area contributed by atoms with Crippen molar-refractivity contribution in [2.45, 2.75) is 37.9 Å². The van der Waals surface area contributed by atoms with Crippen molar-refractivity contribution in [1.82, 2.24) is 4.31 Å². The molecule has 0 saturated heterocycles. The van der Waals surface area contributed by atoms with Crippen molar-refractivity contribution in [1.29, 1.82) is 0 Å². The number of carbonyl (C=O) groups is 1. The molecule has 0 spiro atoms. The summed E-state index contributed by atoms with van der Waals surface area (Å²) in [5.74, 6) is -1.73. The standard InChI is InChI=1S/C9H14F3NO4S/c10-9(11,12)6-13(7-3-4-7)18(16,17)5-1-2-8(14)15/h7H,1-6H2,(H,14,15). The van der Waals surface area contributed by atoms with Gasteiger partial charge in [0.05, 0.1) is 5.75 Å². The number of hydrogen-bond acceptors (Lipinski definition) is 3. The van der Waals surface area contributed by atoms with E-state index in [2.05, 4.69) is 0 Å². The smallest absolute Gasteiger partial charge is 0.402 e. The summed E-state index contributed by atoms with van der Waals surface area (Å²) in [5, 5.41) is 8.37. The first-order valence-corrected chi connectivity index (χ1v) is 7.01. The summed E-state index contributed by atoms with van der Waals surface area (Å²) in [6, 6.07) is -0.582. The van der Waals surface area contributed by atoms with Crippen LogP contribution in [0.5, 0.6) is 0 Å². The monoisotopic (exact) mass is 289 g/mol. The maximum Gasteiger partial charge on any atom is 0.402 e. The number of nitrogens with zero attached hydrogens (tertiary/aromatic N) is 1. The molecule has 0 aromatic rings. The molecule has 1 rings (SSSR count). The van der Waals surface area contributed by atoms with Crippen LogP contribution in [0.25, 0.3) is 0 Å². The largest absolute Gasteiger partial charge is 0.481 e. The van der Waals surface area contributed by atoms with Crippen molar-refractivity contribution in [3.05, 3.63) is 0 Å². The van der Waals surface area contributed by atoms with Gasteiger partial charge in [0.1, 0.15) is 6.54 Å². The minimum Gasteiger partial charge on any atom is -0.481 e. The zero-order valence-corrected chi connectivity index (χ0v) is 10.3. The van der Waals surface area contributed by atoms with Gasteiger partial charge in [0, 0.05) is 12.5 Å². The molecule has 18 heavy (non-hydrogen) atoms. The number of rotatable bonds is 7. The second kappa shape index (κ2) is 5.43. The average molecular weight is 289 g/mol. The summed E-state index contributed by atoms with van der Waals surface area (Å²) >= 11 is 0. The van der Waals surface area contributed by atoms with E-state index in [1.807, 2.05) is 0 Å². The van der Waals surface area contributed by atoms with E-state index in [1.54, 1.807) is 0 Å². The molecular formula is C9H14F3NO4S. The Bertz CT molecular complexity index is 403. The molecule has 0 heterocycles. The van der Waals surface area contributed by atoms with Crippen LogP contribution in [0.3, 0.4) is 0 Å². The molecule has 0 radical (unpaired) electrons. The number of carboxylic acids is 1. The third-order valence-electron chi connectivity index (χ3n) is 2.44. The van der Waals surface area contributed by atoms with Gasteiger partial charge in [0.15, 0.2) is 0 Å². The van der Waals surface area contributed by atoms with Gasteiger partial charge in [0.25, 0.3) is 0 Å². The first-order chi connectivity index (χ1) is 8.12. The zero-order chi connectivity index (χ0) is 14.0. The Morgan fingerprint density at radius 1 is 1.33 bits per heavy atom. The van der Waals surface area contributed by atoms with E-state index in [-0.39, 0.29) is 12.8 Å². The van der Waals surface area contributed by atoms with Crippen LogP contribution >= 0.6 is 0 Å². The third-order valence-corrected chi connectivity index (χ3v) is 4.39. The topological polar surface area (TPSA) is 74.7 Å². The number of hydrogen-bond donors (Lipinski definition) is 1. The fourth-order valence-corrected chi connectivity index (χ4v) is 3.27. The van der Waals surface area contributed by atoms with Crippen LogP contribution in [0.1, 0.15) is 25.7 Å². The van der Waals surface area contributed by atoms with Gasteiger partial charge in [-0.15, -0.1) is 0 Å². The van der Waals surface area contributed by atoms with Gasteiger partial charge in [-0.1, -0.05) is 0 Å². The van der Waals surface area contributed by atoms with Crippen molar-refractivity contribution in [3.8, 4) is 0 Å². The molecule has 0 aliphatic heterocycles. The Morgan fingerprint density at radius 3 is 2.28 bits per heavy atom. The summed E-state index contributed by atoms with van der Waals surface area (Å²) in [5.41, 5.74) is 0. The first-order valence-electron chi connectivity index (χ1n) is 5.40. The fourth-order valence-electron chi connectivity index (χ4n) is 1.52. The fraction of sp³-hybridized carbons (Fsp3) is 0.889. The highest BCUT2D eigenvalue weighted by molar-refractivity contribution is 7.89.